The van der Waals surface area contributed by atoms with Gasteiger partial charge < -0.3 is 5.11 Å². The first-order valence-corrected chi connectivity index (χ1v) is 12.3. The highest BCUT2D eigenvalue weighted by Gasteiger charge is 2.07. The third kappa shape index (κ3) is 4.41. The molecule has 0 saturated carbocycles. The number of ketones is 1. The van der Waals surface area contributed by atoms with Gasteiger partial charge in [-0.3, -0.25) is 4.79 Å². The highest BCUT2D eigenvalue weighted by atomic mass is 16.3. The van der Waals surface area contributed by atoms with Gasteiger partial charge in [0.25, 0.3) is 0 Å². The van der Waals surface area contributed by atoms with Crippen molar-refractivity contribution in [2.45, 2.75) is 0 Å². The second-order valence-electron chi connectivity index (χ2n) is 9.10. The number of aliphatic hydroxyl groups is 1. The number of allylic oxidation sites excluding steroid dienone is 3. The van der Waals surface area contributed by atoms with E-state index in [1.807, 2.05) is 60.7 Å². The molecule has 6 rings (SSSR count). The van der Waals surface area contributed by atoms with Gasteiger partial charge >= 0.3 is 0 Å². The molecule has 0 aromatic heterocycles. The molecule has 0 spiro atoms. The van der Waals surface area contributed by atoms with Crippen molar-refractivity contribution in [2.24, 2.45) is 0 Å². The number of aliphatic hydroxyl groups excluding tert-OH is 1. The van der Waals surface area contributed by atoms with Crippen LogP contribution in [0, 0.1) is 0 Å². The average Bonchev–Trinajstić information content (AvgIpc) is 2.93. The summed E-state index contributed by atoms with van der Waals surface area (Å²) in [6, 6.07) is 37.0. The summed E-state index contributed by atoms with van der Waals surface area (Å²) < 4.78 is 0. The normalized spacial score (nSPS) is 12.5. The maximum Gasteiger partial charge on any atom is 0.182 e. The van der Waals surface area contributed by atoms with E-state index in [-0.39, 0.29) is 11.5 Å². The van der Waals surface area contributed by atoms with Crippen molar-refractivity contribution in [1.82, 2.24) is 0 Å². The highest BCUT2D eigenvalue weighted by Crippen LogP contribution is 2.31. The first kappa shape index (κ1) is 22.5. The van der Waals surface area contributed by atoms with E-state index in [0.717, 1.165) is 54.2 Å². The van der Waals surface area contributed by atoms with Crippen molar-refractivity contribution in [3.63, 3.8) is 0 Å². The first-order chi connectivity index (χ1) is 18.2. The molecule has 6 aromatic rings. The summed E-state index contributed by atoms with van der Waals surface area (Å²) in [5.74, 6) is -0.364. The fourth-order valence-electron chi connectivity index (χ4n) is 5.03. The number of fused-ring (bicyclic) bond motifs is 4. The Morgan fingerprint density at radius 3 is 1.27 bits per heavy atom. The Hall–Kier alpha value is -4.95. The van der Waals surface area contributed by atoms with Crippen LogP contribution in [0.3, 0.4) is 0 Å². The third-order valence-electron chi connectivity index (χ3n) is 6.75. The molecule has 176 valence electrons. The Kier molecular flexibility index (Phi) is 5.84. The van der Waals surface area contributed by atoms with Crippen molar-refractivity contribution in [1.29, 1.82) is 0 Å². The molecule has 6 aromatic carbocycles. The largest absolute Gasteiger partial charge is 0.508 e. The monoisotopic (exact) mass is 476 g/mol. The van der Waals surface area contributed by atoms with Gasteiger partial charge in [-0.1, -0.05) is 103 Å². The molecular formula is C35H24O2. The predicted octanol–water partition coefficient (Wildman–Crippen LogP) is 9.04. The van der Waals surface area contributed by atoms with Crippen LogP contribution in [0.15, 0.2) is 133 Å². The number of rotatable bonds is 5. The van der Waals surface area contributed by atoms with Gasteiger partial charge in [-0.05, 0) is 84.6 Å². The highest BCUT2D eigenvalue weighted by molar-refractivity contribution is 6.10. The molecule has 37 heavy (non-hydrogen) atoms. The zero-order chi connectivity index (χ0) is 25.2. The molecule has 0 atom stereocenters. The molecule has 0 fully saturated rings. The number of benzene rings is 6. The predicted molar refractivity (Wildman–Crippen MR) is 157 cm³/mol. The number of carbonyl (C=O) groups is 1. The molecule has 0 heterocycles. The third-order valence-corrected chi connectivity index (χ3v) is 6.75. The van der Waals surface area contributed by atoms with Crippen LogP contribution >= 0.6 is 0 Å². The van der Waals surface area contributed by atoms with Crippen LogP contribution in [0.2, 0.25) is 0 Å². The molecule has 0 aliphatic carbocycles. The Labute approximate surface area is 215 Å². The van der Waals surface area contributed by atoms with E-state index in [4.69, 9.17) is 0 Å². The molecule has 0 aliphatic rings. The summed E-state index contributed by atoms with van der Waals surface area (Å²) >= 11 is 0. The minimum atomic E-state index is -0.276. The van der Waals surface area contributed by atoms with Gasteiger partial charge in [0, 0.05) is 6.08 Å². The van der Waals surface area contributed by atoms with E-state index < -0.39 is 0 Å². The zero-order valence-corrected chi connectivity index (χ0v) is 20.1. The lowest BCUT2D eigenvalue weighted by Crippen LogP contribution is -1.90. The Bertz CT molecular complexity index is 1800. The molecule has 0 saturated heterocycles. The van der Waals surface area contributed by atoms with E-state index in [0.29, 0.717) is 0 Å². The van der Waals surface area contributed by atoms with Crippen LogP contribution in [-0.2, 0) is 4.79 Å². The molecule has 0 amide bonds. The van der Waals surface area contributed by atoms with E-state index in [9.17, 15) is 9.90 Å². The Morgan fingerprint density at radius 2 is 0.865 bits per heavy atom. The van der Waals surface area contributed by atoms with Gasteiger partial charge in [0.1, 0.15) is 5.76 Å². The Balaban J connectivity index is 1.34. The van der Waals surface area contributed by atoms with Gasteiger partial charge in [-0.25, -0.2) is 0 Å². The standard InChI is InChI=1S/C35H24O2/c36-28(17-19-34-30-13-5-1-9-24(30)21-25-10-2-6-14-31(25)34)23-29(37)18-20-35-32-15-7-3-11-26(32)22-27-12-4-8-16-33(27)35/h1-23,36H/b19-17+,20-18+,28-23-. The van der Waals surface area contributed by atoms with Crippen LogP contribution in [0.1, 0.15) is 11.1 Å². The van der Waals surface area contributed by atoms with Crippen molar-refractivity contribution in [3.05, 3.63) is 144 Å². The lowest BCUT2D eigenvalue weighted by molar-refractivity contribution is -0.110. The lowest BCUT2D eigenvalue weighted by Gasteiger charge is -2.08. The molecule has 0 aliphatic heterocycles. The SMILES string of the molecule is O=C(/C=C(O)/C=C/c1c2ccccc2cc2ccccc12)/C=C/c1c2ccccc2cc2ccccc12. The van der Waals surface area contributed by atoms with Crippen LogP contribution in [0.4, 0.5) is 0 Å². The van der Waals surface area contributed by atoms with E-state index >= 15 is 0 Å². The second-order valence-corrected chi connectivity index (χ2v) is 9.10. The summed E-state index contributed by atoms with van der Waals surface area (Å²) in [6.45, 7) is 0. The van der Waals surface area contributed by atoms with E-state index in [1.54, 1.807) is 6.08 Å². The number of hydrogen-bond donors (Lipinski definition) is 1. The van der Waals surface area contributed by atoms with Crippen LogP contribution in [0.5, 0.6) is 0 Å². The maximum atomic E-state index is 12.8. The van der Waals surface area contributed by atoms with Crippen molar-refractivity contribution in [3.8, 4) is 0 Å². The molecule has 0 unspecified atom stereocenters. The topological polar surface area (TPSA) is 37.3 Å². The number of carbonyl (C=O) groups excluding carboxylic acids is 1. The lowest BCUT2D eigenvalue weighted by atomic mass is 9.96. The minimum Gasteiger partial charge on any atom is -0.508 e. The summed E-state index contributed by atoms with van der Waals surface area (Å²) in [6.07, 6.45) is 8.09. The smallest absolute Gasteiger partial charge is 0.182 e. The number of hydrogen-bond acceptors (Lipinski definition) is 2. The van der Waals surface area contributed by atoms with Gasteiger partial charge in [-0.2, -0.15) is 0 Å². The van der Waals surface area contributed by atoms with E-state index in [2.05, 4.69) is 60.7 Å². The molecule has 2 heteroatoms. The van der Waals surface area contributed by atoms with E-state index in [1.165, 1.54) is 12.2 Å². The van der Waals surface area contributed by atoms with Crippen molar-refractivity contribution < 1.29 is 9.90 Å². The molecule has 1 N–H and O–H groups in total. The average molecular weight is 477 g/mol. The van der Waals surface area contributed by atoms with Gasteiger partial charge in [0.05, 0.1) is 0 Å². The maximum absolute atomic E-state index is 12.8. The molecule has 0 radical (unpaired) electrons. The van der Waals surface area contributed by atoms with Gasteiger partial charge in [0.15, 0.2) is 5.78 Å². The van der Waals surface area contributed by atoms with Crippen molar-refractivity contribution >= 4 is 61.0 Å². The summed E-state index contributed by atoms with van der Waals surface area (Å²) in [7, 11) is 0. The fourth-order valence-corrected chi connectivity index (χ4v) is 5.03. The van der Waals surface area contributed by atoms with Crippen LogP contribution in [0.25, 0.3) is 55.2 Å². The quantitative estimate of drug-likeness (QED) is 0.117. The first-order valence-electron chi connectivity index (χ1n) is 12.3. The summed E-state index contributed by atoms with van der Waals surface area (Å²) in [4.78, 5) is 12.8. The van der Waals surface area contributed by atoms with Crippen LogP contribution < -0.4 is 0 Å². The minimum absolute atomic E-state index is 0.0885. The molecule has 2 nitrogen and oxygen atoms in total. The van der Waals surface area contributed by atoms with Gasteiger partial charge in [0.2, 0.25) is 0 Å². The molecular weight excluding hydrogens is 452 g/mol. The van der Waals surface area contributed by atoms with Gasteiger partial charge in [-0.15, -0.1) is 0 Å². The van der Waals surface area contributed by atoms with Crippen molar-refractivity contribution in [2.75, 3.05) is 0 Å². The molecule has 0 bridgehead atoms. The fraction of sp³-hybridized carbons (Fsp3) is 0. The summed E-state index contributed by atoms with van der Waals surface area (Å²) in [5, 5.41) is 19.5. The summed E-state index contributed by atoms with van der Waals surface area (Å²) in [5.41, 5.74) is 2.01. The second kappa shape index (κ2) is 9.60. The Morgan fingerprint density at radius 1 is 0.514 bits per heavy atom. The van der Waals surface area contributed by atoms with Crippen LogP contribution in [-0.4, -0.2) is 10.9 Å². The zero-order valence-electron chi connectivity index (χ0n) is 20.1.